The van der Waals surface area contributed by atoms with Gasteiger partial charge in [0.2, 0.25) is 0 Å². The predicted octanol–water partition coefficient (Wildman–Crippen LogP) is 2.14. The summed E-state index contributed by atoms with van der Waals surface area (Å²) in [7, 11) is 2.74. The number of methoxy groups -OCH3 is 2. The normalized spacial score (nSPS) is 11.6. The summed E-state index contributed by atoms with van der Waals surface area (Å²) in [6, 6.07) is 2.05. The minimum atomic E-state index is -0.545. The third kappa shape index (κ3) is 14.0. The van der Waals surface area contributed by atoms with Crippen LogP contribution in [-0.4, -0.2) is 103 Å². The van der Waals surface area contributed by atoms with Gasteiger partial charge in [-0.25, -0.2) is 4.79 Å². The van der Waals surface area contributed by atoms with E-state index >= 15 is 0 Å². The van der Waals surface area contributed by atoms with Crippen molar-refractivity contribution < 1.29 is 28.6 Å². The van der Waals surface area contributed by atoms with Crippen molar-refractivity contribution in [3.05, 3.63) is 17.5 Å². The number of amides is 1. The SMILES string of the molecule is COC(=O)CCN(CCCN(CCNC(=O)OC(C)(C)C)CCn1nc(C)cc1C)CCC(=O)OC. The Labute approximate surface area is 215 Å². The number of alkyl carbamates (subject to hydrolysis) is 1. The van der Waals surface area contributed by atoms with Crippen molar-refractivity contribution in [2.45, 2.75) is 66.0 Å². The fourth-order valence-corrected chi connectivity index (χ4v) is 3.66. The van der Waals surface area contributed by atoms with Crippen LogP contribution in [-0.2, 0) is 30.3 Å². The van der Waals surface area contributed by atoms with Crippen LogP contribution in [0.3, 0.4) is 0 Å². The second kappa shape index (κ2) is 16.2. The summed E-state index contributed by atoms with van der Waals surface area (Å²) >= 11 is 0. The summed E-state index contributed by atoms with van der Waals surface area (Å²) in [4.78, 5) is 39.6. The Morgan fingerprint density at radius 1 is 0.917 bits per heavy atom. The number of ether oxygens (including phenoxy) is 3. The molecule has 0 fully saturated rings. The van der Waals surface area contributed by atoms with Gasteiger partial charge in [0.1, 0.15) is 5.60 Å². The molecule has 0 aliphatic carbocycles. The smallest absolute Gasteiger partial charge is 0.407 e. The van der Waals surface area contributed by atoms with Crippen LogP contribution >= 0.6 is 0 Å². The molecule has 0 spiro atoms. The molecule has 0 unspecified atom stereocenters. The summed E-state index contributed by atoms with van der Waals surface area (Å²) < 4.78 is 16.8. The monoisotopic (exact) mass is 511 g/mol. The molecule has 0 saturated heterocycles. The fourth-order valence-electron chi connectivity index (χ4n) is 3.66. The van der Waals surface area contributed by atoms with Crippen LogP contribution in [0.15, 0.2) is 6.07 Å². The first-order valence-corrected chi connectivity index (χ1v) is 12.5. The first kappa shape index (κ1) is 31.4. The molecule has 1 aromatic rings. The van der Waals surface area contributed by atoms with Gasteiger partial charge < -0.3 is 24.4 Å². The summed E-state index contributed by atoms with van der Waals surface area (Å²) in [5, 5.41) is 7.36. The Bertz CT molecular complexity index is 800. The maximum Gasteiger partial charge on any atom is 0.407 e. The molecule has 11 heteroatoms. The number of carbonyl (C=O) groups excluding carboxylic acids is 3. The maximum atomic E-state index is 12.0. The lowest BCUT2D eigenvalue weighted by Crippen LogP contribution is -2.40. The van der Waals surface area contributed by atoms with E-state index in [2.05, 4.69) is 26.3 Å². The van der Waals surface area contributed by atoms with E-state index in [0.717, 1.165) is 37.4 Å². The Morgan fingerprint density at radius 3 is 1.94 bits per heavy atom. The summed E-state index contributed by atoms with van der Waals surface area (Å²) in [6.07, 6.45) is 0.919. The highest BCUT2D eigenvalue weighted by atomic mass is 16.6. The van der Waals surface area contributed by atoms with Crippen LogP contribution in [0.5, 0.6) is 0 Å². The average molecular weight is 512 g/mol. The molecule has 1 heterocycles. The van der Waals surface area contributed by atoms with Gasteiger partial charge in [-0.3, -0.25) is 19.2 Å². The van der Waals surface area contributed by atoms with E-state index in [-0.39, 0.29) is 24.8 Å². The molecule has 0 bridgehead atoms. The zero-order chi connectivity index (χ0) is 27.1. The molecule has 0 aliphatic rings. The van der Waals surface area contributed by atoms with Crippen molar-refractivity contribution in [3.63, 3.8) is 0 Å². The lowest BCUT2D eigenvalue weighted by Gasteiger charge is -2.26. The topological polar surface area (TPSA) is 115 Å². The Balaban J connectivity index is 2.67. The molecular weight excluding hydrogens is 466 g/mol. The molecule has 11 nitrogen and oxygen atoms in total. The van der Waals surface area contributed by atoms with Crippen molar-refractivity contribution in [2.24, 2.45) is 0 Å². The van der Waals surface area contributed by atoms with E-state index in [1.807, 2.05) is 39.3 Å². The molecule has 1 aromatic heterocycles. The first-order chi connectivity index (χ1) is 16.9. The van der Waals surface area contributed by atoms with E-state index in [4.69, 9.17) is 14.2 Å². The van der Waals surface area contributed by atoms with Gasteiger partial charge in [-0.05, 0) is 60.2 Å². The zero-order valence-electron chi connectivity index (χ0n) is 23.1. The van der Waals surface area contributed by atoms with Crippen molar-refractivity contribution in [3.8, 4) is 0 Å². The van der Waals surface area contributed by atoms with Crippen molar-refractivity contribution >= 4 is 18.0 Å². The predicted molar refractivity (Wildman–Crippen MR) is 137 cm³/mol. The van der Waals surface area contributed by atoms with Crippen LogP contribution in [0.4, 0.5) is 4.79 Å². The van der Waals surface area contributed by atoms with Crippen LogP contribution in [0.1, 0.15) is 51.4 Å². The molecule has 1 amide bonds. The van der Waals surface area contributed by atoms with E-state index < -0.39 is 11.7 Å². The Kier molecular flexibility index (Phi) is 14.1. The lowest BCUT2D eigenvalue weighted by atomic mass is 10.2. The second-order valence-electron chi connectivity index (χ2n) is 9.77. The van der Waals surface area contributed by atoms with Crippen LogP contribution in [0.25, 0.3) is 0 Å². The highest BCUT2D eigenvalue weighted by molar-refractivity contribution is 5.70. The summed E-state index contributed by atoms with van der Waals surface area (Å²) in [6.45, 7) is 14.6. The number of hydrogen-bond acceptors (Lipinski definition) is 9. The first-order valence-electron chi connectivity index (χ1n) is 12.5. The number of aryl methyl sites for hydroxylation is 2. The molecule has 36 heavy (non-hydrogen) atoms. The van der Waals surface area contributed by atoms with Gasteiger partial charge in [-0.2, -0.15) is 5.10 Å². The molecule has 0 saturated carbocycles. The van der Waals surface area contributed by atoms with Crippen LogP contribution in [0, 0.1) is 13.8 Å². The molecule has 0 aliphatic heterocycles. The molecule has 206 valence electrons. The van der Waals surface area contributed by atoms with E-state index in [1.54, 1.807) is 0 Å². The number of rotatable bonds is 16. The number of nitrogens with zero attached hydrogens (tertiary/aromatic N) is 4. The van der Waals surface area contributed by atoms with Gasteiger partial charge in [-0.15, -0.1) is 0 Å². The fraction of sp³-hybridized carbons (Fsp3) is 0.760. The average Bonchev–Trinajstić information content (AvgIpc) is 3.13. The number of hydrogen-bond donors (Lipinski definition) is 1. The molecular formula is C25H45N5O6. The van der Waals surface area contributed by atoms with E-state index in [0.29, 0.717) is 32.7 Å². The zero-order valence-corrected chi connectivity index (χ0v) is 23.1. The molecule has 0 radical (unpaired) electrons. The number of carbonyl (C=O) groups is 3. The molecule has 1 rings (SSSR count). The Hall–Kier alpha value is -2.66. The third-order valence-corrected chi connectivity index (χ3v) is 5.50. The van der Waals surface area contributed by atoms with E-state index in [9.17, 15) is 14.4 Å². The van der Waals surface area contributed by atoms with Gasteiger partial charge in [0.05, 0.1) is 39.3 Å². The standard InChI is InChI=1S/C25H45N5O6/c1-20-19-21(2)30(27-20)18-17-29(16-11-26-24(33)36-25(3,4)5)13-8-12-28(14-9-22(31)34-6)15-10-23(32)35-7/h19H,8-18H2,1-7H3,(H,26,33). The maximum absolute atomic E-state index is 12.0. The molecule has 0 aromatic carbocycles. The van der Waals surface area contributed by atoms with Crippen molar-refractivity contribution in [1.82, 2.24) is 24.9 Å². The minimum absolute atomic E-state index is 0.263. The van der Waals surface area contributed by atoms with Gasteiger partial charge in [0.25, 0.3) is 0 Å². The molecule has 0 atom stereocenters. The van der Waals surface area contributed by atoms with Gasteiger partial charge in [-0.1, -0.05) is 0 Å². The number of aromatic nitrogens is 2. The summed E-state index contributed by atoms with van der Waals surface area (Å²) in [5.41, 5.74) is 1.55. The largest absolute Gasteiger partial charge is 0.469 e. The summed E-state index contributed by atoms with van der Waals surface area (Å²) in [5.74, 6) is -0.560. The highest BCUT2D eigenvalue weighted by Crippen LogP contribution is 2.07. The van der Waals surface area contributed by atoms with Gasteiger partial charge in [0, 0.05) is 38.4 Å². The highest BCUT2D eigenvalue weighted by Gasteiger charge is 2.17. The molecule has 1 N–H and O–H groups in total. The minimum Gasteiger partial charge on any atom is -0.469 e. The van der Waals surface area contributed by atoms with Crippen molar-refractivity contribution in [1.29, 1.82) is 0 Å². The quantitative estimate of drug-likeness (QED) is 0.263. The lowest BCUT2D eigenvalue weighted by molar-refractivity contribution is -0.141. The third-order valence-electron chi connectivity index (χ3n) is 5.50. The van der Waals surface area contributed by atoms with Crippen LogP contribution < -0.4 is 5.32 Å². The van der Waals surface area contributed by atoms with Gasteiger partial charge in [0.15, 0.2) is 0 Å². The van der Waals surface area contributed by atoms with Crippen LogP contribution in [0.2, 0.25) is 0 Å². The van der Waals surface area contributed by atoms with E-state index in [1.165, 1.54) is 14.2 Å². The second-order valence-corrected chi connectivity index (χ2v) is 9.77. The number of nitrogens with one attached hydrogen (secondary N) is 1. The van der Waals surface area contributed by atoms with Gasteiger partial charge >= 0.3 is 18.0 Å². The Morgan fingerprint density at radius 2 is 1.47 bits per heavy atom. The number of esters is 2. The van der Waals surface area contributed by atoms with Crippen molar-refractivity contribution in [2.75, 3.05) is 60.0 Å².